The Labute approximate surface area is 267 Å². The Balaban J connectivity index is 1.06. The van der Waals surface area contributed by atoms with Crippen LogP contribution in [0.4, 0.5) is 5.69 Å². The lowest BCUT2D eigenvalue weighted by molar-refractivity contribution is -0.116. The molecule has 0 bridgehead atoms. The molecule has 0 saturated carbocycles. The molecule has 0 unspecified atom stereocenters. The number of nitrogens with one attached hydrogen (secondary N) is 2. The Morgan fingerprint density at radius 1 is 1.04 bits per heavy atom. The van der Waals surface area contributed by atoms with Gasteiger partial charge in [-0.3, -0.25) is 9.69 Å². The molecule has 2 atom stereocenters. The van der Waals surface area contributed by atoms with Crippen molar-refractivity contribution in [1.29, 1.82) is 0 Å². The van der Waals surface area contributed by atoms with E-state index in [-0.39, 0.29) is 5.91 Å². The molecule has 5 rings (SSSR count). The van der Waals surface area contributed by atoms with Gasteiger partial charge in [-0.05, 0) is 49.5 Å². The number of nitrogens with zero attached hydrogens (tertiary/aromatic N) is 3. The van der Waals surface area contributed by atoms with E-state index in [4.69, 9.17) is 18.9 Å². The van der Waals surface area contributed by atoms with E-state index in [0.717, 1.165) is 50.6 Å². The molecule has 0 radical (unpaired) electrons. The van der Waals surface area contributed by atoms with Crippen molar-refractivity contribution in [2.24, 2.45) is 7.05 Å². The molecule has 3 aromatic rings. The quantitative estimate of drug-likeness (QED) is 0.166. The van der Waals surface area contributed by atoms with Crippen LogP contribution in [0.1, 0.15) is 22.6 Å². The highest BCUT2D eigenvalue weighted by Crippen LogP contribution is 2.38. The maximum atomic E-state index is 11.1. The van der Waals surface area contributed by atoms with E-state index in [1.807, 2.05) is 0 Å². The van der Waals surface area contributed by atoms with Crippen LogP contribution in [0.15, 0.2) is 55.3 Å². The summed E-state index contributed by atoms with van der Waals surface area (Å²) in [6.45, 7) is 11.5. The fourth-order valence-corrected chi connectivity index (χ4v) is 6.45. The minimum atomic E-state index is -0.195. The van der Waals surface area contributed by atoms with Crippen molar-refractivity contribution in [2.75, 3.05) is 91.8 Å². The molecular formula is C35H49N5O5. The van der Waals surface area contributed by atoms with Crippen molar-refractivity contribution in [1.82, 2.24) is 19.7 Å². The second kappa shape index (κ2) is 16.2. The number of benzene rings is 2. The first-order valence-corrected chi connectivity index (χ1v) is 16.0. The fourth-order valence-electron chi connectivity index (χ4n) is 6.45. The molecule has 1 saturated heterocycles. The van der Waals surface area contributed by atoms with Gasteiger partial charge in [0.1, 0.15) is 5.75 Å². The molecule has 10 nitrogen and oxygen atoms in total. The van der Waals surface area contributed by atoms with Gasteiger partial charge in [-0.2, -0.15) is 0 Å². The van der Waals surface area contributed by atoms with Crippen molar-refractivity contribution in [3.8, 4) is 5.75 Å². The summed E-state index contributed by atoms with van der Waals surface area (Å²) < 4.78 is 24.8. The monoisotopic (exact) mass is 619 g/mol. The number of fused-ring (bicyclic) bond motifs is 2. The number of carbonyl (C=O) groups excluding carboxylic acids is 1. The van der Waals surface area contributed by atoms with Gasteiger partial charge < -0.3 is 39.0 Å². The van der Waals surface area contributed by atoms with Crippen molar-refractivity contribution in [3.05, 3.63) is 71.9 Å². The zero-order valence-corrected chi connectivity index (χ0v) is 27.1. The molecule has 2 aromatic carbocycles. The van der Waals surface area contributed by atoms with Gasteiger partial charge in [-0.25, -0.2) is 0 Å². The second-order valence-corrected chi connectivity index (χ2v) is 12.0. The summed E-state index contributed by atoms with van der Waals surface area (Å²) in [5.41, 5.74) is 6.55. The Kier molecular flexibility index (Phi) is 11.9. The van der Waals surface area contributed by atoms with Gasteiger partial charge >= 0.3 is 0 Å². The van der Waals surface area contributed by atoms with E-state index in [0.29, 0.717) is 58.1 Å². The number of aromatic nitrogens is 1. The van der Waals surface area contributed by atoms with Crippen LogP contribution in [-0.4, -0.2) is 113 Å². The third-order valence-electron chi connectivity index (χ3n) is 8.73. The largest absolute Gasteiger partial charge is 0.493 e. The van der Waals surface area contributed by atoms with Gasteiger partial charge in [0.15, 0.2) is 0 Å². The van der Waals surface area contributed by atoms with Crippen LogP contribution in [0.5, 0.6) is 5.75 Å². The zero-order chi connectivity index (χ0) is 31.6. The third-order valence-corrected chi connectivity index (χ3v) is 8.73. The van der Waals surface area contributed by atoms with Crippen molar-refractivity contribution < 1.29 is 23.7 Å². The second-order valence-electron chi connectivity index (χ2n) is 12.0. The Hall–Kier alpha value is -3.41. The predicted octanol–water partition coefficient (Wildman–Crippen LogP) is 3.41. The van der Waals surface area contributed by atoms with E-state index < -0.39 is 0 Å². The highest BCUT2D eigenvalue weighted by molar-refractivity contribution is 5.88. The molecule has 0 aliphatic carbocycles. The number of carbonyl (C=O) groups is 1. The molecule has 45 heavy (non-hydrogen) atoms. The maximum Gasteiger partial charge on any atom is 0.243 e. The van der Waals surface area contributed by atoms with Crippen LogP contribution in [0, 0.1) is 0 Å². The molecule has 1 aromatic heterocycles. The van der Waals surface area contributed by atoms with E-state index in [9.17, 15) is 4.79 Å². The molecule has 0 spiro atoms. The van der Waals surface area contributed by atoms with Crippen molar-refractivity contribution >= 4 is 22.5 Å². The number of rotatable bonds is 18. The van der Waals surface area contributed by atoms with Crippen LogP contribution < -0.4 is 15.4 Å². The lowest BCUT2D eigenvalue weighted by atomic mass is 9.93. The first kappa shape index (κ1) is 33.0. The number of hydrogen-bond donors (Lipinski definition) is 2. The molecule has 10 heteroatoms. The highest BCUT2D eigenvalue weighted by Gasteiger charge is 2.37. The summed E-state index contributed by atoms with van der Waals surface area (Å²) >= 11 is 0. The first-order chi connectivity index (χ1) is 21.9. The summed E-state index contributed by atoms with van der Waals surface area (Å²) in [5, 5.41) is 7.50. The lowest BCUT2D eigenvalue weighted by Gasteiger charge is -2.25. The van der Waals surface area contributed by atoms with E-state index in [1.54, 1.807) is 0 Å². The van der Waals surface area contributed by atoms with Gasteiger partial charge in [0, 0.05) is 81.0 Å². The van der Waals surface area contributed by atoms with Crippen molar-refractivity contribution in [3.63, 3.8) is 0 Å². The standard InChI is InChI=1S/C35H49N5O5/c1-5-35(41)37-13-16-43-18-20-44-19-17-42-15-12-36-27-9-10-29-30(23-39(4)32(29)21-27)31-24-40(25-33(31)38(2)3)22-26-7-6-8-34-28(26)11-14-45-34/h5-10,21,23,31,33,36H,1,11-20,22,24-25H2,2-4H3,(H,37,41)/t31-,33+/m1/s1. The minimum Gasteiger partial charge on any atom is -0.493 e. The number of aryl methyl sites for hydroxylation is 1. The lowest BCUT2D eigenvalue weighted by Crippen LogP contribution is -2.34. The molecule has 3 heterocycles. The maximum absolute atomic E-state index is 11.1. The van der Waals surface area contributed by atoms with Crippen LogP contribution in [0.25, 0.3) is 10.9 Å². The number of anilines is 1. The van der Waals surface area contributed by atoms with Gasteiger partial charge in [-0.15, -0.1) is 0 Å². The van der Waals surface area contributed by atoms with Crippen LogP contribution in [0.3, 0.4) is 0 Å². The smallest absolute Gasteiger partial charge is 0.243 e. The number of ether oxygens (including phenoxy) is 4. The topological polar surface area (TPSA) is 89.5 Å². The number of likely N-dealkylation sites (tertiary alicyclic amines) is 1. The SMILES string of the molecule is C=CC(=O)NCCOCCOCCOCCNc1ccc2c([C@H]3CN(Cc4cccc5c4CCO5)C[C@@H]3N(C)C)cn(C)c2c1. The van der Waals surface area contributed by atoms with Crippen LogP contribution in [0.2, 0.25) is 0 Å². The first-order valence-electron chi connectivity index (χ1n) is 16.0. The third kappa shape index (κ3) is 8.65. The highest BCUT2D eigenvalue weighted by atomic mass is 16.5. The van der Waals surface area contributed by atoms with Crippen LogP contribution in [-0.2, 0) is 39.0 Å². The van der Waals surface area contributed by atoms with Crippen LogP contribution >= 0.6 is 0 Å². The predicted molar refractivity (Wildman–Crippen MR) is 178 cm³/mol. The number of amides is 1. The van der Waals surface area contributed by atoms with Gasteiger partial charge in [0.2, 0.25) is 5.91 Å². The zero-order valence-electron chi connectivity index (χ0n) is 27.1. The van der Waals surface area contributed by atoms with Gasteiger partial charge in [-0.1, -0.05) is 24.8 Å². The normalized spacial score (nSPS) is 18.0. The molecule has 2 N–H and O–H groups in total. The fraction of sp³-hybridized carbons (Fsp3) is 0.514. The Morgan fingerprint density at radius 2 is 1.80 bits per heavy atom. The average molecular weight is 620 g/mol. The summed E-state index contributed by atoms with van der Waals surface area (Å²) in [6, 6.07) is 13.7. The Morgan fingerprint density at radius 3 is 2.56 bits per heavy atom. The van der Waals surface area contributed by atoms with E-state index >= 15 is 0 Å². The summed E-state index contributed by atoms with van der Waals surface area (Å²) in [4.78, 5) is 16.1. The summed E-state index contributed by atoms with van der Waals surface area (Å²) in [5.74, 6) is 1.30. The van der Waals surface area contributed by atoms with Crippen molar-refractivity contribution in [2.45, 2.75) is 24.9 Å². The Bertz CT molecular complexity index is 1420. The average Bonchev–Trinajstić information content (AvgIpc) is 3.77. The number of hydrogen-bond acceptors (Lipinski definition) is 8. The molecule has 2 aliphatic heterocycles. The molecule has 1 fully saturated rings. The van der Waals surface area contributed by atoms with Gasteiger partial charge in [0.25, 0.3) is 0 Å². The van der Waals surface area contributed by atoms with Gasteiger partial charge in [0.05, 0.1) is 51.8 Å². The molecule has 244 valence electrons. The minimum absolute atomic E-state index is 0.195. The molecule has 2 aliphatic rings. The molecule has 1 amide bonds. The van der Waals surface area contributed by atoms with E-state index in [2.05, 4.69) is 95.3 Å². The summed E-state index contributed by atoms with van der Waals surface area (Å²) in [6.07, 6.45) is 4.59. The summed E-state index contributed by atoms with van der Waals surface area (Å²) in [7, 11) is 6.57. The van der Waals surface area contributed by atoms with E-state index in [1.165, 1.54) is 33.7 Å². The molecular weight excluding hydrogens is 570 g/mol. The number of likely N-dealkylation sites (N-methyl/N-ethyl adjacent to an activating group) is 1.